The number of hydrogen-bond donors (Lipinski definition) is 1. The fourth-order valence-electron chi connectivity index (χ4n) is 5.05. The first kappa shape index (κ1) is 21.0. The summed E-state index contributed by atoms with van der Waals surface area (Å²) in [5.74, 6) is 0.245. The molecule has 2 heterocycles. The van der Waals surface area contributed by atoms with Crippen LogP contribution in [0.3, 0.4) is 0 Å². The molecule has 2 atom stereocenters. The smallest absolute Gasteiger partial charge is 0.319 e. The second kappa shape index (κ2) is 8.86. The highest BCUT2D eigenvalue weighted by Gasteiger charge is 2.53. The quantitative estimate of drug-likeness (QED) is 0.746. The molecule has 1 aromatic carbocycles. The van der Waals surface area contributed by atoms with Crippen molar-refractivity contribution >= 4 is 0 Å². The largest absolute Gasteiger partial charge is 0.478 e. The number of ether oxygens (including phenoxy) is 2. The Hall–Kier alpha value is -2.25. The fraction of sp³-hybridized carbons (Fsp3) is 0.565. The predicted octanol–water partition coefficient (Wildman–Crippen LogP) is 3.53. The molecule has 2 bridgehead atoms. The summed E-state index contributed by atoms with van der Waals surface area (Å²) in [5, 5.41) is 12.0. The Kier molecular flexibility index (Phi) is 6.20. The molecule has 30 heavy (non-hydrogen) atoms. The lowest BCUT2D eigenvalue weighted by Crippen LogP contribution is -2.58. The van der Waals surface area contributed by atoms with Crippen LogP contribution in [0.25, 0.3) is 0 Å². The minimum Gasteiger partial charge on any atom is -0.478 e. The van der Waals surface area contributed by atoms with E-state index < -0.39 is 5.60 Å². The number of halogens is 1. The summed E-state index contributed by atoms with van der Waals surface area (Å²) in [5.41, 5.74) is 0.285. The maximum atomic E-state index is 14.2. The van der Waals surface area contributed by atoms with Crippen LogP contribution in [0.15, 0.2) is 30.5 Å². The van der Waals surface area contributed by atoms with Gasteiger partial charge in [0.25, 0.3) is 0 Å². The second-order valence-corrected chi connectivity index (χ2v) is 8.17. The molecule has 7 heteroatoms. The molecule has 1 saturated carbocycles. The van der Waals surface area contributed by atoms with E-state index in [-0.39, 0.29) is 23.7 Å². The summed E-state index contributed by atoms with van der Waals surface area (Å²) < 4.78 is 25.4. The van der Waals surface area contributed by atoms with Crippen molar-refractivity contribution in [3.05, 3.63) is 47.4 Å². The average Bonchev–Trinajstić information content (AvgIpc) is 2.71. The number of rotatable bonds is 7. The highest BCUT2D eigenvalue weighted by molar-refractivity contribution is 5.34. The summed E-state index contributed by atoms with van der Waals surface area (Å²) in [6.45, 7) is 6.62. The minimum absolute atomic E-state index is 0.0116. The molecule has 0 amide bonds. The third-order valence-electron chi connectivity index (χ3n) is 6.38. The number of aromatic nitrogens is 2. The first-order valence-corrected chi connectivity index (χ1v) is 10.9. The number of nitrogens with zero attached hydrogens (tertiary/aromatic N) is 3. The van der Waals surface area contributed by atoms with Crippen LogP contribution < -0.4 is 9.47 Å². The minimum atomic E-state index is -1.06. The summed E-state index contributed by atoms with van der Waals surface area (Å²) >= 11 is 0. The standard InChI is InChI=1S/C23H30FN3O3/c1-3-29-21-19(12-25-22(26-21)30-4-2)23(28)17-9-7-10-18(23)15-27(14-17)13-16-8-5-6-11-20(16)24/h5-6,8,11-12,17-18,28H,3-4,7,9-10,13-15H2,1-2H3/t17-,18-/m0/s1. The van der Waals surface area contributed by atoms with Gasteiger partial charge in [-0.15, -0.1) is 0 Å². The Balaban J connectivity index is 1.62. The number of likely N-dealkylation sites (tertiary alicyclic amines) is 1. The predicted molar refractivity (Wildman–Crippen MR) is 111 cm³/mol. The normalized spacial score (nSPS) is 26.4. The van der Waals surface area contributed by atoms with Gasteiger partial charge in [-0.25, -0.2) is 9.37 Å². The lowest BCUT2D eigenvalue weighted by molar-refractivity contribution is -0.150. The molecule has 0 spiro atoms. The van der Waals surface area contributed by atoms with Gasteiger partial charge in [0.2, 0.25) is 5.88 Å². The van der Waals surface area contributed by atoms with Crippen molar-refractivity contribution < 1.29 is 19.0 Å². The molecule has 0 radical (unpaired) electrons. The maximum Gasteiger partial charge on any atom is 0.319 e. The topological polar surface area (TPSA) is 67.7 Å². The van der Waals surface area contributed by atoms with Crippen LogP contribution in [-0.4, -0.2) is 46.3 Å². The van der Waals surface area contributed by atoms with Crippen LogP contribution in [0.1, 0.15) is 44.2 Å². The molecular weight excluding hydrogens is 385 g/mol. The Bertz CT molecular complexity index is 865. The Labute approximate surface area is 177 Å². The lowest BCUT2D eigenvalue weighted by atomic mass is 9.63. The van der Waals surface area contributed by atoms with E-state index in [0.717, 1.165) is 19.3 Å². The van der Waals surface area contributed by atoms with Crippen molar-refractivity contribution in [3.63, 3.8) is 0 Å². The lowest BCUT2D eigenvalue weighted by Gasteiger charge is -2.53. The van der Waals surface area contributed by atoms with E-state index in [1.165, 1.54) is 6.07 Å². The number of piperidine rings is 1. The molecule has 1 aliphatic carbocycles. The molecule has 1 aromatic heterocycles. The van der Waals surface area contributed by atoms with E-state index in [1.54, 1.807) is 12.3 Å². The first-order chi connectivity index (χ1) is 14.6. The van der Waals surface area contributed by atoms with Crippen LogP contribution in [0.2, 0.25) is 0 Å². The van der Waals surface area contributed by atoms with Gasteiger partial charge in [-0.1, -0.05) is 24.6 Å². The highest BCUT2D eigenvalue weighted by Crippen LogP contribution is 2.51. The number of hydrogen-bond acceptors (Lipinski definition) is 6. The summed E-state index contributed by atoms with van der Waals surface area (Å²) in [7, 11) is 0. The SMILES string of the molecule is CCOc1ncc(C2(O)[C@H]3CCC[C@H]2CN(Cc2ccccc2F)C3)c(OCC)n1. The second-order valence-electron chi connectivity index (χ2n) is 8.17. The van der Waals surface area contributed by atoms with Crippen LogP contribution >= 0.6 is 0 Å². The molecule has 0 unspecified atom stereocenters. The maximum absolute atomic E-state index is 14.2. The van der Waals surface area contributed by atoms with E-state index >= 15 is 0 Å². The molecular formula is C23H30FN3O3. The highest BCUT2D eigenvalue weighted by atomic mass is 19.1. The fourth-order valence-corrected chi connectivity index (χ4v) is 5.05. The Morgan fingerprint density at radius 3 is 2.50 bits per heavy atom. The van der Waals surface area contributed by atoms with E-state index in [1.807, 2.05) is 26.0 Å². The van der Waals surface area contributed by atoms with Gasteiger partial charge >= 0.3 is 6.01 Å². The Morgan fingerprint density at radius 2 is 1.83 bits per heavy atom. The summed E-state index contributed by atoms with van der Waals surface area (Å²) in [6, 6.07) is 7.17. The molecule has 1 aliphatic heterocycles. The van der Waals surface area contributed by atoms with E-state index in [2.05, 4.69) is 14.9 Å². The zero-order chi connectivity index (χ0) is 21.1. The first-order valence-electron chi connectivity index (χ1n) is 10.9. The van der Waals surface area contributed by atoms with Crippen molar-refractivity contribution in [2.75, 3.05) is 26.3 Å². The van der Waals surface area contributed by atoms with Crippen molar-refractivity contribution in [3.8, 4) is 11.9 Å². The van der Waals surface area contributed by atoms with Gasteiger partial charge in [0.1, 0.15) is 11.4 Å². The average molecular weight is 416 g/mol. The molecule has 2 aromatic rings. The van der Waals surface area contributed by atoms with Crippen LogP contribution in [0.5, 0.6) is 11.9 Å². The van der Waals surface area contributed by atoms with Gasteiger partial charge in [0.05, 0.1) is 18.8 Å². The van der Waals surface area contributed by atoms with Gasteiger partial charge < -0.3 is 14.6 Å². The van der Waals surface area contributed by atoms with Crippen LogP contribution in [0.4, 0.5) is 4.39 Å². The third-order valence-corrected chi connectivity index (χ3v) is 6.38. The summed E-state index contributed by atoms with van der Waals surface area (Å²) in [6.07, 6.45) is 4.55. The monoisotopic (exact) mass is 415 g/mol. The van der Waals surface area contributed by atoms with E-state index in [0.29, 0.717) is 49.9 Å². The number of fused-ring (bicyclic) bond motifs is 2. The van der Waals surface area contributed by atoms with Crippen molar-refractivity contribution in [1.82, 2.24) is 14.9 Å². The molecule has 6 nitrogen and oxygen atoms in total. The summed E-state index contributed by atoms with van der Waals surface area (Å²) in [4.78, 5) is 11.0. The van der Waals surface area contributed by atoms with Gasteiger partial charge in [-0.05, 0) is 32.8 Å². The number of benzene rings is 1. The zero-order valence-corrected chi connectivity index (χ0v) is 17.7. The molecule has 1 N–H and O–H groups in total. The Morgan fingerprint density at radius 1 is 1.13 bits per heavy atom. The van der Waals surface area contributed by atoms with Gasteiger partial charge in [0, 0.05) is 43.2 Å². The molecule has 162 valence electrons. The van der Waals surface area contributed by atoms with E-state index in [9.17, 15) is 9.50 Å². The van der Waals surface area contributed by atoms with Gasteiger partial charge in [-0.3, -0.25) is 4.90 Å². The third kappa shape index (κ3) is 3.88. The van der Waals surface area contributed by atoms with Crippen LogP contribution in [-0.2, 0) is 12.1 Å². The number of aliphatic hydroxyl groups is 1. The van der Waals surface area contributed by atoms with Crippen LogP contribution in [0, 0.1) is 17.7 Å². The van der Waals surface area contributed by atoms with Gasteiger partial charge in [0.15, 0.2) is 0 Å². The zero-order valence-electron chi connectivity index (χ0n) is 17.7. The molecule has 2 fully saturated rings. The van der Waals surface area contributed by atoms with Crippen molar-refractivity contribution in [2.45, 2.75) is 45.3 Å². The molecule has 1 saturated heterocycles. The molecule has 2 aliphatic rings. The van der Waals surface area contributed by atoms with Crippen molar-refractivity contribution in [1.29, 1.82) is 0 Å². The van der Waals surface area contributed by atoms with E-state index in [4.69, 9.17) is 9.47 Å². The van der Waals surface area contributed by atoms with Gasteiger partial charge in [-0.2, -0.15) is 4.98 Å². The van der Waals surface area contributed by atoms with Crippen molar-refractivity contribution in [2.24, 2.45) is 11.8 Å². The molecule has 4 rings (SSSR count).